The van der Waals surface area contributed by atoms with Gasteiger partial charge in [-0.15, -0.1) is 10.2 Å². The molecule has 0 bridgehead atoms. The summed E-state index contributed by atoms with van der Waals surface area (Å²) >= 11 is 0. The first-order valence-corrected chi connectivity index (χ1v) is 4.37. The summed E-state index contributed by atoms with van der Waals surface area (Å²) in [5.41, 5.74) is 0. The van der Waals surface area contributed by atoms with Gasteiger partial charge in [0.2, 0.25) is 11.8 Å². The molecule has 0 aromatic carbocycles. The van der Waals surface area contributed by atoms with Crippen molar-refractivity contribution in [3.8, 4) is 0 Å². The van der Waals surface area contributed by atoms with Crippen LogP contribution in [0.3, 0.4) is 0 Å². The maximum absolute atomic E-state index is 5.36. The molecule has 0 unspecified atom stereocenters. The van der Waals surface area contributed by atoms with Crippen molar-refractivity contribution in [2.75, 3.05) is 13.1 Å². The molecular formula is C8H13N3O. The molecule has 2 heterocycles. The van der Waals surface area contributed by atoms with Crippen LogP contribution in [0.1, 0.15) is 30.5 Å². The van der Waals surface area contributed by atoms with Gasteiger partial charge in [-0.3, -0.25) is 0 Å². The molecule has 1 atom stereocenters. The SMILES string of the molecule is Cc1nnc([C@H]2CCCNC2)o1. The van der Waals surface area contributed by atoms with Crippen molar-refractivity contribution in [3.05, 3.63) is 11.8 Å². The number of nitrogens with zero attached hydrogens (tertiary/aromatic N) is 2. The van der Waals surface area contributed by atoms with Crippen LogP contribution in [0.15, 0.2) is 4.42 Å². The third-order valence-corrected chi connectivity index (χ3v) is 2.19. The van der Waals surface area contributed by atoms with E-state index in [1.54, 1.807) is 0 Å². The number of aromatic nitrogens is 2. The predicted octanol–water partition coefficient (Wildman–Crippen LogP) is 0.845. The van der Waals surface area contributed by atoms with Gasteiger partial charge in [-0.2, -0.15) is 0 Å². The summed E-state index contributed by atoms with van der Waals surface area (Å²) in [6.07, 6.45) is 2.36. The van der Waals surface area contributed by atoms with E-state index in [-0.39, 0.29) is 0 Å². The summed E-state index contributed by atoms with van der Waals surface area (Å²) < 4.78 is 5.36. The van der Waals surface area contributed by atoms with Crippen LogP contribution >= 0.6 is 0 Å². The van der Waals surface area contributed by atoms with Crippen molar-refractivity contribution < 1.29 is 4.42 Å². The van der Waals surface area contributed by atoms with E-state index >= 15 is 0 Å². The quantitative estimate of drug-likeness (QED) is 0.673. The Balaban J connectivity index is 2.08. The molecule has 1 saturated heterocycles. The lowest BCUT2D eigenvalue weighted by molar-refractivity contribution is 0.368. The Kier molecular flexibility index (Phi) is 2.08. The van der Waals surface area contributed by atoms with Crippen LogP contribution in [0, 0.1) is 6.92 Å². The van der Waals surface area contributed by atoms with Gasteiger partial charge in [0, 0.05) is 19.4 Å². The van der Waals surface area contributed by atoms with Crippen LogP contribution in [0.2, 0.25) is 0 Å². The van der Waals surface area contributed by atoms with Crippen molar-refractivity contribution in [2.24, 2.45) is 0 Å². The van der Waals surface area contributed by atoms with Gasteiger partial charge in [-0.05, 0) is 19.4 Å². The number of nitrogens with one attached hydrogen (secondary N) is 1. The Bertz CT molecular complexity index is 253. The highest BCUT2D eigenvalue weighted by atomic mass is 16.4. The molecule has 1 N–H and O–H groups in total. The molecule has 1 aliphatic heterocycles. The summed E-state index contributed by atoms with van der Waals surface area (Å²) in [5, 5.41) is 11.1. The second-order valence-electron chi connectivity index (χ2n) is 3.20. The Hall–Kier alpha value is -0.900. The number of rotatable bonds is 1. The zero-order valence-electron chi connectivity index (χ0n) is 7.21. The highest BCUT2D eigenvalue weighted by molar-refractivity contribution is 4.93. The molecule has 0 aliphatic carbocycles. The van der Waals surface area contributed by atoms with Crippen LogP contribution in [0.25, 0.3) is 0 Å². The van der Waals surface area contributed by atoms with Crippen molar-refractivity contribution >= 4 is 0 Å². The van der Waals surface area contributed by atoms with E-state index in [1.807, 2.05) is 6.92 Å². The lowest BCUT2D eigenvalue weighted by Gasteiger charge is -2.18. The molecule has 2 rings (SSSR count). The summed E-state index contributed by atoms with van der Waals surface area (Å²) in [7, 11) is 0. The second-order valence-corrected chi connectivity index (χ2v) is 3.20. The van der Waals surface area contributed by atoms with Gasteiger partial charge in [0.05, 0.1) is 0 Å². The lowest BCUT2D eigenvalue weighted by atomic mass is 10.00. The third-order valence-electron chi connectivity index (χ3n) is 2.19. The smallest absolute Gasteiger partial charge is 0.220 e. The van der Waals surface area contributed by atoms with E-state index in [0.29, 0.717) is 11.8 Å². The summed E-state index contributed by atoms with van der Waals surface area (Å²) in [6.45, 7) is 3.91. The maximum atomic E-state index is 5.36. The largest absolute Gasteiger partial charge is 0.425 e. The molecule has 0 saturated carbocycles. The average Bonchev–Trinajstić information content (AvgIpc) is 2.54. The molecule has 1 aromatic heterocycles. The lowest BCUT2D eigenvalue weighted by Crippen LogP contribution is -2.28. The van der Waals surface area contributed by atoms with Gasteiger partial charge in [0.1, 0.15) is 0 Å². The van der Waals surface area contributed by atoms with Crippen LogP contribution in [-0.4, -0.2) is 23.3 Å². The van der Waals surface area contributed by atoms with Gasteiger partial charge >= 0.3 is 0 Å². The molecule has 66 valence electrons. The normalized spacial score (nSPS) is 24.2. The standard InChI is InChI=1S/C8H13N3O/c1-6-10-11-8(12-6)7-3-2-4-9-5-7/h7,9H,2-5H2,1H3/t7-/m0/s1. The van der Waals surface area contributed by atoms with Gasteiger partial charge in [0.25, 0.3) is 0 Å². The van der Waals surface area contributed by atoms with E-state index in [0.717, 1.165) is 25.4 Å². The molecule has 12 heavy (non-hydrogen) atoms. The first-order valence-electron chi connectivity index (χ1n) is 4.37. The Morgan fingerprint density at radius 1 is 1.50 bits per heavy atom. The van der Waals surface area contributed by atoms with E-state index in [4.69, 9.17) is 4.42 Å². The van der Waals surface area contributed by atoms with Crippen molar-refractivity contribution in [3.63, 3.8) is 0 Å². The van der Waals surface area contributed by atoms with Crippen LogP contribution < -0.4 is 5.32 Å². The summed E-state index contributed by atoms with van der Waals surface area (Å²) in [5.74, 6) is 1.88. The zero-order chi connectivity index (χ0) is 8.39. The van der Waals surface area contributed by atoms with Crippen molar-refractivity contribution in [1.82, 2.24) is 15.5 Å². The molecule has 4 nitrogen and oxygen atoms in total. The number of hydrogen-bond acceptors (Lipinski definition) is 4. The fourth-order valence-corrected chi connectivity index (χ4v) is 1.54. The minimum Gasteiger partial charge on any atom is -0.425 e. The van der Waals surface area contributed by atoms with Crippen LogP contribution in [0.5, 0.6) is 0 Å². The predicted molar refractivity (Wildman–Crippen MR) is 43.9 cm³/mol. The topological polar surface area (TPSA) is 51.0 Å². The van der Waals surface area contributed by atoms with Crippen molar-refractivity contribution in [2.45, 2.75) is 25.7 Å². The van der Waals surface area contributed by atoms with E-state index in [1.165, 1.54) is 6.42 Å². The highest BCUT2D eigenvalue weighted by Crippen LogP contribution is 2.21. The van der Waals surface area contributed by atoms with E-state index in [9.17, 15) is 0 Å². The zero-order valence-corrected chi connectivity index (χ0v) is 7.21. The van der Waals surface area contributed by atoms with Gasteiger partial charge < -0.3 is 9.73 Å². The summed E-state index contributed by atoms with van der Waals surface area (Å²) in [4.78, 5) is 0. The molecule has 1 fully saturated rings. The third kappa shape index (κ3) is 1.48. The first-order chi connectivity index (χ1) is 5.86. The Morgan fingerprint density at radius 3 is 3.00 bits per heavy atom. The first kappa shape index (κ1) is 7.73. The monoisotopic (exact) mass is 167 g/mol. The van der Waals surface area contributed by atoms with Crippen LogP contribution in [-0.2, 0) is 0 Å². The minimum atomic E-state index is 0.431. The highest BCUT2D eigenvalue weighted by Gasteiger charge is 2.19. The fourth-order valence-electron chi connectivity index (χ4n) is 1.54. The van der Waals surface area contributed by atoms with Crippen molar-refractivity contribution in [1.29, 1.82) is 0 Å². The Morgan fingerprint density at radius 2 is 2.42 bits per heavy atom. The van der Waals surface area contributed by atoms with E-state index < -0.39 is 0 Å². The molecule has 0 spiro atoms. The van der Waals surface area contributed by atoms with Crippen LogP contribution in [0.4, 0.5) is 0 Å². The number of aryl methyl sites for hydroxylation is 1. The summed E-state index contributed by atoms with van der Waals surface area (Å²) in [6, 6.07) is 0. The van der Waals surface area contributed by atoms with Gasteiger partial charge in [0.15, 0.2) is 0 Å². The van der Waals surface area contributed by atoms with Gasteiger partial charge in [-0.25, -0.2) is 0 Å². The number of piperidine rings is 1. The fraction of sp³-hybridized carbons (Fsp3) is 0.750. The van der Waals surface area contributed by atoms with E-state index in [2.05, 4.69) is 15.5 Å². The molecule has 1 aliphatic rings. The second kappa shape index (κ2) is 3.23. The molecule has 0 amide bonds. The maximum Gasteiger partial charge on any atom is 0.220 e. The minimum absolute atomic E-state index is 0.431. The molecular weight excluding hydrogens is 154 g/mol. The van der Waals surface area contributed by atoms with Gasteiger partial charge in [-0.1, -0.05) is 0 Å². The molecule has 1 aromatic rings. The Labute approximate surface area is 71.4 Å². The average molecular weight is 167 g/mol. The number of hydrogen-bond donors (Lipinski definition) is 1. The molecule has 4 heteroatoms. The molecule has 0 radical (unpaired) electrons.